The molecule has 6 nitrogen and oxygen atoms in total. The highest BCUT2D eigenvalue weighted by Gasteiger charge is 2.38. The molecule has 1 aliphatic carbocycles. The Morgan fingerprint density at radius 2 is 1.85 bits per heavy atom. The minimum Gasteiger partial charge on any atom is -0.340 e. The predicted octanol–water partition coefficient (Wildman–Crippen LogP) is 1.58. The van der Waals surface area contributed by atoms with Gasteiger partial charge < -0.3 is 15.1 Å². The SMILES string of the molecule is Cc1ccccc1C(=O)NC(C(=O)N1CCN(C2CC2)C(=O)C1)C(C)C. The van der Waals surface area contributed by atoms with E-state index < -0.39 is 6.04 Å². The summed E-state index contributed by atoms with van der Waals surface area (Å²) in [5, 5.41) is 2.88. The van der Waals surface area contributed by atoms with Crippen LogP contribution in [-0.2, 0) is 9.59 Å². The Hall–Kier alpha value is -2.37. The molecule has 1 aromatic rings. The van der Waals surface area contributed by atoms with Crippen molar-refractivity contribution in [1.29, 1.82) is 0 Å². The van der Waals surface area contributed by atoms with Gasteiger partial charge in [-0.25, -0.2) is 0 Å². The van der Waals surface area contributed by atoms with E-state index in [4.69, 9.17) is 0 Å². The van der Waals surface area contributed by atoms with Crippen molar-refractivity contribution in [2.75, 3.05) is 19.6 Å². The number of carbonyl (C=O) groups is 3. The number of amides is 3. The summed E-state index contributed by atoms with van der Waals surface area (Å²) in [6.07, 6.45) is 2.14. The van der Waals surface area contributed by atoms with Crippen LogP contribution >= 0.6 is 0 Å². The van der Waals surface area contributed by atoms with E-state index in [1.807, 2.05) is 43.9 Å². The molecule has 1 atom stereocenters. The van der Waals surface area contributed by atoms with Gasteiger partial charge in [0.05, 0.1) is 6.54 Å². The minimum atomic E-state index is -0.637. The molecule has 2 aliphatic rings. The first kappa shape index (κ1) is 18.4. The summed E-state index contributed by atoms with van der Waals surface area (Å²) in [5.41, 5.74) is 1.44. The maximum atomic E-state index is 13.0. The Labute approximate surface area is 154 Å². The van der Waals surface area contributed by atoms with E-state index in [1.54, 1.807) is 11.0 Å². The molecule has 0 spiro atoms. The third kappa shape index (κ3) is 3.89. The standard InChI is InChI=1S/C20H27N3O3/c1-13(2)18(21-19(25)16-7-5-4-6-14(16)3)20(26)22-10-11-23(15-8-9-15)17(24)12-22/h4-7,13,15,18H,8-12H2,1-3H3,(H,21,25). The van der Waals surface area contributed by atoms with E-state index in [0.29, 0.717) is 24.7 Å². The van der Waals surface area contributed by atoms with Crippen molar-refractivity contribution in [3.05, 3.63) is 35.4 Å². The zero-order valence-corrected chi connectivity index (χ0v) is 15.7. The number of aryl methyl sites for hydroxylation is 1. The molecule has 1 aliphatic heterocycles. The Bertz CT molecular complexity index is 712. The van der Waals surface area contributed by atoms with Crippen molar-refractivity contribution < 1.29 is 14.4 Å². The summed E-state index contributed by atoms with van der Waals surface area (Å²) in [6.45, 7) is 6.91. The zero-order valence-electron chi connectivity index (χ0n) is 15.7. The van der Waals surface area contributed by atoms with Crippen molar-refractivity contribution in [3.63, 3.8) is 0 Å². The van der Waals surface area contributed by atoms with Crippen LogP contribution in [0.5, 0.6) is 0 Å². The average Bonchev–Trinajstić information content (AvgIpc) is 3.43. The molecule has 0 aromatic heterocycles. The van der Waals surface area contributed by atoms with E-state index in [-0.39, 0.29) is 30.2 Å². The smallest absolute Gasteiger partial charge is 0.252 e. The molecule has 6 heteroatoms. The molecule has 0 radical (unpaired) electrons. The second-order valence-corrected chi connectivity index (χ2v) is 7.59. The number of hydrogen-bond donors (Lipinski definition) is 1. The lowest BCUT2D eigenvalue weighted by molar-refractivity contribution is -0.147. The van der Waals surface area contributed by atoms with Crippen molar-refractivity contribution in [2.45, 2.75) is 45.7 Å². The molecule has 1 aromatic carbocycles. The lowest BCUT2D eigenvalue weighted by atomic mass is 10.0. The lowest BCUT2D eigenvalue weighted by Crippen LogP contribution is -2.58. The zero-order chi connectivity index (χ0) is 18.8. The first-order chi connectivity index (χ1) is 12.4. The maximum absolute atomic E-state index is 13.0. The van der Waals surface area contributed by atoms with E-state index in [2.05, 4.69) is 5.32 Å². The largest absolute Gasteiger partial charge is 0.340 e. The molecule has 140 valence electrons. The van der Waals surface area contributed by atoms with Gasteiger partial charge in [0.25, 0.3) is 5.91 Å². The van der Waals surface area contributed by atoms with Crippen molar-refractivity contribution >= 4 is 17.7 Å². The molecule has 1 N–H and O–H groups in total. The van der Waals surface area contributed by atoms with Crippen LogP contribution in [0, 0.1) is 12.8 Å². The number of benzene rings is 1. The first-order valence-corrected chi connectivity index (χ1v) is 9.33. The van der Waals surface area contributed by atoms with Crippen LogP contribution in [0.25, 0.3) is 0 Å². The number of rotatable bonds is 5. The summed E-state index contributed by atoms with van der Waals surface area (Å²) in [5.74, 6) is -0.476. The Balaban J connectivity index is 1.67. The maximum Gasteiger partial charge on any atom is 0.252 e. The Kier molecular flexibility index (Phi) is 5.30. The fraction of sp³-hybridized carbons (Fsp3) is 0.550. The van der Waals surface area contributed by atoms with E-state index in [9.17, 15) is 14.4 Å². The van der Waals surface area contributed by atoms with Gasteiger partial charge in [0, 0.05) is 24.7 Å². The topological polar surface area (TPSA) is 69.7 Å². The van der Waals surface area contributed by atoms with Crippen LogP contribution < -0.4 is 5.32 Å². The van der Waals surface area contributed by atoms with Crippen LogP contribution in [0.2, 0.25) is 0 Å². The summed E-state index contributed by atoms with van der Waals surface area (Å²) in [4.78, 5) is 41.4. The third-order valence-electron chi connectivity index (χ3n) is 5.17. The minimum absolute atomic E-state index is 0.0137. The summed E-state index contributed by atoms with van der Waals surface area (Å²) < 4.78 is 0. The quantitative estimate of drug-likeness (QED) is 0.870. The Morgan fingerprint density at radius 1 is 1.15 bits per heavy atom. The van der Waals surface area contributed by atoms with Gasteiger partial charge in [-0.05, 0) is 37.3 Å². The second-order valence-electron chi connectivity index (χ2n) is 7.59. The molecule has 2 fully saturated rings. The molecule has 3 amide bonds. The van der Waals surface area contributed by atoms with Crippen molar-refractivity contribution in [2.24, 2.45) is 5.92 Å². The van der Waals surface area contributed by atoms with Crippen LogP contribution in [-0.4, -0.2) is 59.2 Å². The molecule has 1 unspecified atom stereocenters. The Morgan fingerprint density at radius 3 is 2.42 bits per heavy atom. The number of nitrogens with one attached hydrogen (secondary N) is 1. The summed E-state index contributed by atoms with van der Waals surface area (Å²) in [7, 11) is 0. The molecular weight excluding hydrogens is 330 g/mol. The highest BCUT2D eigenvalue weighted by molar-refractivity contribution is 5.99. The van der Waals surface area contributed by atoms with Gasteiger partial charge in [-0.3, -0.25) is 14.4 Å². The monoisotopic (exact) mass is 357 g/mol. The highest BCUT2D eigenvalue weighted by atomic mass is 16.2. The second kappa shape index (κ2) is 7.48. The fourth-order valence-corrected chi connectivity index (χ4v) is 3.40. The molecule has 0 bridgehead atoms. The number of hydrogen-bond acceptors (Lipinski definition) is 3. The lowest BCUT2D eigenvalue weighted by Gasteiger charge is -2.37. The molecule has 1 saturated carbocycles. The predicted molar refractivity (Wildman–Crippen MR) is 98.6 cm³/mol. The van der Waals surface area contributed by atoms with Gasteiger partial charge in [0.15, 0.2) is 0 Å². The molecular formula is C20H27N3O3. The summed E-state index contributed by atoms with van der Waals surface area (Å²) >= 11 is 0. The number of piperazine rings is 1. The molecule has 1 saturated heterocycles. The van der Waals surface area contributed by atoms with Crippen LogP contribution in [0.15, 0.2) is 24.3 Å². The van der Waals surface area contributed by atoms with Crippen molar-refractivity contribution in [1.82, 2.24) is 15.1 Å². The van der Waals surface area contributed by atoms with Gasteiger partial charge in [0.2, 0.25) is 11.8 Å². The van der Waals surface area contributed by atoms with Crippen molar-refractivity contribution in [3.8, 4) is 0 Å². The summed E-state index contributed by atoms with van der Waals surface area (Å²) in [6, 6.07) is 7.05. The molecule has 1 heterocycles. The van der Waals surface area contributed by atoms with Gasteiger partial charge >= 0.3 is 0 Å². The van der Waals surface area contributed by atoms with Gasteiger partial charge in [-0.15, -0.1) is 0 Å². The van der Waals surface area contributed by atoms with Crippen LogP contribution in [0.1, 0.15) is 42.6 Å². The van der Waals surface area contributed by atoms with E-state index in [1.165, 1.54) is 0 Å². The fourth-order valence-electron chi connectivity index (χ4n) is 3.40. The molecule has 3 rings (SSSR count). The van der Waals surface area contributed by atoms with E-state index >= 15 is 0 Å². The highest BCUT2D eigenvalue weighted by Crippen LogP contribution is 2.28. The van der Waals surface area contributed by atoms with E-state index in [0.717, 1.165) is 18.4 Å². The average molecular weight is 357 g/mol. The molecule has 26 heavy (non-hydrogen) atoms. The van der Waals surface area contributed by atoms with Gasteiger partial charge in [-0.1, -0.05) is 32.0 Å². The number of carbonyl (C=O) groups excluding carboxylic acids is 3. The van der Waals surface area contributed by atoms with Crippen LogP contribution in [0.4, 0.5) is 0 Å². The number of nitrogens with zero attached hydrogens (tertiary/aromatic N) is 2. The van der Waals surface area contributed by atoms with Crippen LogP contribution in [0.3, 0.4) is 0 Å². The third-order valence-corrected chi connectivity index (χ3v) is 5.17. The first-order valence-electron chi connectivity index (χ1n) is 9.33. The van der Waals surface area contributed by atoms with Gasteiger partial charge in [0.1, 0.15) is 6.04 Å². The van der Waals surface area contributed by atoms with Gasteiger partial charge in [-0.2, -0.15) is 0 Å². The normalized spacial score (nSPS) is 18.8.